The van der Waals surface area contributed by atoms with Gasteiger partial charge in [0.05, 0.1) is 24.7 Å². The van der Waals surface area contributed by atoms with Gasteiger partial charge < -0.3 is 14.4 Å². The van der Waals surface area contributed by atoms with Gasteiger partial charge in [-0.2, -0.15) is 0 Å². The monoisotopic (exact) mass is 368 g/mol. The molecule has 0 spiro atoms. The largest absolute Gasteiger partial charge is 0.381 e. The van der Waals surface area contributed by atoms with E-state index in [0.717, 1.165) is 6.42 Å². The Morgan fingerprint density at radius 2 is 2.00 bits per heavy atom. The van der Waals surface area contributed by atoms with Gasteiger partial charge in [0.15, 0.2) is 0 Å². The van der Waals surface area contributed by atoms with Crippen LogP contribution in [0.25, 0.3) is 0 Å². The van der Waals surface area contributed by atoms with Crippen molar-refractivity contribution in [1.82, 2.24) is 9.21 Å². The lowest BCUT2D eigenvalue weighted by atomic mass is 10.1. The normalized spacial score (nSPS) is 21.7. The molecule has 1 atom stereocenters. The number of hydrogen-bond donors (Lipinski definition) is 0. The highest BCUT2D eigenvalue weighted by molar-refractivity contribution is 7.89. The van der Waals surface area contributed by atoms with Crippen molar-refractivity contribution in [2.45, 2.75) is 11.3 Å². The van der Waals surface area contributed by atoms with E-state index in [1.54, 1.807) is 24.1 Å². The maximum atomic E-state index is 12.8. The molecule has 2 fully saturated rings. The molecular weight excluding hydrogens is 344 g/mol. The first-order valence-electron chi connectivity index (χ1n) is 8.49. The molecular formula is C17H24N2O5S. The van der Waals surface area contributed by atoms with Crippen LogP contribution >= 0.6 is 0 Å². The summed E-state index contributed by atoms with van der Waals surface area (Å²) in [5.74, 6) is 0.0603. The molecule has 8 heteroatoms. The molecule has 25 heavy (non-hydrogen) atoms. The van der Waals surface area contributed by atoms with E-state index in [0.29, 0.717) is 51.6 Å². The molecule has 0 aromatic heterocycles. The minimum Gasteiger partial charge on any atom is -0.381 e. The van der Waals surface area contributed by atoms with Crippen LogP contribution in [0, 0.1) is 5.92 Å². The number of amides is 1. The van der Waals surface area contributed by atoms with E-state index < -0.39 is 10.0 Å². The first-order valence-corrected chi connectivity index (χ1v) is 9.93. The SMILES string of the molecule is CN(C[C@@H]1CCOC1)S(=O)(=O)c1cccc(C(=O)N2CCOCC2)c1. The van der Waals surface area contributed by atoms with Gasteiger partial charge in [-0.15, -0.1) is 0 Å². The van der Waals surface area contributed by atoms with Crippen LogP contribution in [-0.4, -0.2) is 76.6 Å². The lowest BCUT2D eigenvalue weighted by Crippen LogP contribution is -2.40. The average Bonchev–Trinajstić information content (AvgIpc) is 3.15. The smallest absolute Gasteiger partial charge is 0.254 e. The van der Waals surface area contributed by atoms with Crippen LogP contribution in [0.5, 0.6) is 0 Å². The fourth-order valence-corrected chi connectivity index (χ4v) is 4.40. The van der Waals surface area contributed by atoms with E-state index in [1.165, 1.54) is 16.4 Å². The van der Waals surface area contributed by atoms with E-state index in [2.05, 4.69) is 0 Å². The highest BCUT2D eigenvalue weighted by atomic mass is 32.2. The second-order valence-corrected chi connectivity index (χ2v) is 8.49. The van der Waals surface area contributed by atoms with Gasteiger partial charge in [-0.05, 0) is 30.5 Å². The zero-order chi connectivity index (χ0) is 17.9. The van der Waals surface area contributed by atoms with Gasteiger partial charge in [0, 0.05) is 38.9 Å². The summed E-state index contributed by atoms with van der Waals surface area (Å²) in [6.45, 7) is 3.77. The van der Waals surface area contributed by atoms with Crippen molar-refractivity contribution in [3.8, 4) is 0 Å². The van der Waals surface area contributed by atoms with Crippen molar-refractivity contribution in [2.75, 3.05) is 53.1 Å². The highest BCUT2D eigenvalue weighted by Gasteiger charge is 2.27. The number of sulfonamides is 1. The van der Waals surface area contributed by atoms with Crippen molar-refractivity contribution in [1.29, 1.82) is 0 Å². The van der Waals surface area contributed by atoms with E-state index >= 15 is 0 Å². The Morgan fingerprint density at radius 3 is 2.68 bits per heavy atom. The fourth-order valence-electron chi connectivity index (χ4n) is 3.11. The first kappa shape index (κ1) is 18.3. The Labute approximate surface area is 148 Å². The molecule has 1 aromatic carbocycles. The molecule has 7 nitrogen and oxygen atoms in total. The van der Waals surface area contributed by atoms with E-state index in [4.69, 9.17) is 9.47 Å². The molecule has 0 bridgehead atoms. The summed E-state index contributed by atoms with van der Waals surface area (Å²) in [4.78, 5) is 14.4. The third kappa shape index (κ3) is 4.20. The Morgan fingerprint density at radius 1 is 1.24 bits per heavy atom. The molecule has 0 N–H and O–H groups in total. The van der Waals surface area contributed by atoms with Crippen LogP contribution in [-0.2, 0) is 19.5 Å². The number of carbonyl (C=O) groups is 1. The molecule has 2 saturated heterocycles. The molecule has 2 aliphatic rings. The third-order valence-corrected chi connectivity index (χ3v) is 6.45. The second kappa shape index (κ2) is 7.82. The summed E-state index contributed by atoms with van der Waals surface area (Å²) in [6, 6.07) is 6.27. The standard InChI is InChI=1S/C17H24N2O5S/c1-18(12-14-5-8-24-13-14)25(21,22)16-4-2-3-15(11-16)17(20)19-6-9-23-10-7-19/h2-4,11,14H,5-10,12-13H2,1H3/t14-/m0/s1. The molecule has 1 amide bonds. The minimum atomic E-state index is -3.63. The Hall–Kier alpha value is -1.48. The van der Waals surface area contributed by atoms with Crippen molar-refractivity contribution >= 4 is 15.9 Å². The van der Waals surface area contributed by atoms with Gasteiger partial charge >= 0.3 is 0 Å². The summed E-state index contributed by atoms with van der Waals surface area (Å²) in [5.41, 5.74) is 0.389. The van der Waals surface area contributed by atoms with E-state index in [1.807, 2.05) is 0 Å². The summed E-state index contributed by atoms with van der Waals surface area (Å²) in [5, 5.41) is 0. The molecule has 2 heterocycles. The summed E-state index contributed by atoms with van der Waals surface area (Å²) >= 11 is 0. The lowest BCUT2D eigenvalue weighted by Gasteiger charge is -2.27. The zero-order valence-electron chi connectivity index (χ0n) is 14.4. The topological polar surface area (TPSA) is 76.2 Å². The first-order chi connectivity index (χ1) is 12.0. The maximum absolute atomic E-state index is 12.8. The third-order valence-electron chi connectivity index (χ3n) is 4.63. The Bertz CT molecular complexity index is 710. The number of morpholine rings is 1. The molecule has 1 aromatic rings. The minimum absolute atomic E-state index is 0.146. The van der Waals surface area contributed by atoms with Gasteiger partial charge in [0.2, 0.25) is 10.0 Å². The van der Waals surface area contributed by atoms with Crippen molar-refractivity contribution in [3.05, 3.63) is 29.8 Å². The number of rotatable bonds is 5. The van der Waals surface area contributed by atoms with Crippen LogP contribution in [0.2, 0.25) is 0 Å². The van der Waals surface area contributed by atoms with Crippen molar-refractivity contribution < 1.29 is 22.7 Å². The molecule has 138 valence electrons. The summed E-state index contributed by atoms with van der Waals surface area (Å²) in [6.07, 6.45) is 0.870. The van der Waals surface area contributed by atoms with Crippen molar-refractivity contribution in [3.63, 3.8) is 0 Å². The van der Waals surface area contributed by atoms with Crippen LogP contribution in [0.3, 0.4) is 0 Å². The summed E-state index contributed by atoms with van der Waals surface area (Å²) in [7, 11) is -2.06. The highest BCUT2D eigenvalue weighted by Crippen LogP contribution is 2.21. The van der Waals surface area contributed by atoms with E-state index in [-0.39, 0.29) is 16.7 Å². The second-order valence-electron chi connectivity index (χ2n) is 6.45. The van der Waals surface area contributed by atoms with Gasteiger partial charge in [-0.3, -0.25) is 4.79 Å². The predicted molar refractivity (Wildman–Crippen MR) is 91.9 cm³/mol. The van der Waals surface area contributed by atoms with Gasteiger partial charge in [-0.1, -0.05) is 6.07 Å². The Balaban J connectivity index is 1.75. The van der Waals surface area contributed by atoms with E-state index in [9.17, 15) is 13.2 Å². The van der Waals surface area contributed by atoms with Crippen molar-refractivity contribution in [2.24, 2.45) is 5.92 Å². The van der Waals surface area contributed by atoms with Gasteiger partial charge in [0.1, 0.15) is 0 Å². The van der Waals surface area contributed by atoms with Crippen LogP contribution < -0.4 is 0 Å². The number of benzene rings is 1. The molecule has 0 radical (unpaired) electrons. The average molecular weight is 368 g/mol. The van der Waals surface area contributed by atoms with Crippen LogP contribution in [0.4, 0.5) is 0 Å². The van der Waals surface area contributed by atoms with Crippen LogP contribution in [0.15, 0.2) is 29.2 Å². The van der Waals surface area contributed by atoms with Gasteiger partial charge in [-0.25, -0.2) is 12.7 Å². The molecule has 0 unspecified atom stereocenters. The lowest BCUT2D eigenvalue weighted by molar-refractivity contribution is 0.0302. The van der Waals surface area contributed by atoms with Gasteiger partial charge in [0.25, 0.3) is 5.91 Å². The number of hydrogen-bond acceptors (Lipinski definition) is 5. The predicted octanol–water partition coefficient (Wildman–Crippen LogP) is 0.816. The molecule has 0 saturated carbocycles. The number of ether oxygens (including phenoxy) is 2. The maximum Gasteiger partial charge on any atom is 0.254 e. The quantitative estimate of drug-likeness (QED) is 0.769. The number of nitrogens with zero attached hydrogens (tertiary/aromatic N) is 2. The Kier molecular flexibility index (Phi) is 5.73. The number of carbonyl (C=O) groups excluding carboxylic acids is 1. The fraction of sp³-hybridized carbons (Fsp3) is 0.588. The van der Waals surface area contributed by atoms with Crippen LogP contribution in [0.1, 0.15) is 16.8 Å². The molecule has 0 aliphatic carbocycles. The molecule has 2 aliphatic heterocycles. The zero-order valence-corrected chi connectivity index (χ0v) is 15.2. The summed E-state index contributed by atoms with van der Waals surface area (Å²) < 4.78 is 37.5. The molecule has 3 rings (SSSR count).